The Bertz CT molecular complexity index is 1320. The smallest absolute Gasteiger partial charge is 0.328 e. The van der Waals surface area contributed by atoms with Gasteiger partial charge in [0.25, 0.3) is 11.5 Å². The van der Waals surface area contributed by atoms with Crippen LogP contribution in [-0.2, 0) is 27.9 Å². The highest BCUT2D eigenvalue weighted by Crippen LogP contribution is 2.14. The van der Waals surface area contributed by atoms with Crippen LogP contribution in [0.25, 0.3) is 16.7 Å². The summed E-state index contributed by atoms with van der Waals surface area (Å²) >= 11 is 0. The Kier molecular flexibility index (Phi) is 5.35. The zero-order valence-corrected chi connectivity index (χ0v) is 17.0. The molecule has 0 saturated heterocycles. The lowest BCUT2D eigenvalue weighted by Crippen LogP contribution is -2.26. The first kappa shape index (κ1) is 20.1. The summed E-state index contributed by atoms with van der Waals surface area (Å²) in [6.07, 6.45) is 0. The molecule has 31 heavy (non-hydrogen) atoms. The van der Waals surface area contributed by atoms with E-state index in [1.54, 1.807) is 42.9 Å². The van der Waals surface area contributed by atoms with E-state index in [2.05, 4.69) is 15.6 Å². The second-order valence-electron chi connectivity index (χ2n) is 6.88. The molecule has 0 fully saturated rings. The molecule has 0 aliphatic rings. The van der Waals surface area contributed by atoms with Crippen LogP contribution in [0.2, 0.25) is 0 Å². The number of aromatic nitrogens is 5. The Labute approximate surface area is 176 Å². The van der Waals surface area contributed by atoms with Crippen molar-refractivity contribution in [2.24, 2.45) is 7.05 Å². The van der Waals surface area contributed by atoms with Crippen LogP contribution in [0.15, 0.2) is 59.4 Å². The van der Waals surface area contributed by atoms with Gasteiger partial charge in [-0.1, -0.05) is 35.5 Å². The zero-order chi connectivity index (χ0) is 22.0. The van der Waals surface area contributed by atoms with Crippen molar-refractivity contribution in [3.05, 3.63) is 70.6 Å². The van der Waals surface area contributed by atoms with Gasteiger partial charge in [-0.25, -0.2) is 9.36 Å². The maximum Gasteiger partial charge on any atom is 0.328 e. The van der Waals surface area contributed by atoms with Crippen molar-refractivity contribution in [2.75, 3.05) is 11.9 Å². The number of ether oxygens (including phenoxy) is 1. The SMILES string of the molecule is Cc1c(NC(=O)COC(=O)Cn2nnc3ccccc32)c(=O)n(-c2ccccc2)n1C. The van der Waals surface area contributed by atoms with Crippen molar-refractivity contribution in [3.8, 4) is 5.69 Å². The van der Waals surface area contributed by atoms with Crippen LogP contribution >= 0.6 is 0 Å². The molecule has 4 aromatic rings. The van der Waals surface area contributed by atoms with Crippen LogP contribution in [0, 0.1) is 6.92 Å². The summed E-state index contributed by atoms with van der Waals surface area (Å²) in [6.45, 7) is 1.02. The van der Waals surface area contributed by atoms with Gasteiger partial charge in [-0.2, -0.15) is 0 Å². The molecular formula is C21H20N6O4. The van der Waals surface area contributed by atoms with Crippen LogP contribution < -0.4 is 10.9 Å². The number of anilines is 1. The molecule has 0 unspecified atom stereocenters. The highest BCUT2D eigenvalue weighted by atomic mass is 16.5. The number of carbonyl (C=O) groups is 2. The zero-order valence-electron chi connectivity index (χ0n) is 17.0. The molecule has 0 atom stereocenters. The molecule has 2 aromatic carbocycles. The molecule has 0 spiro atoms. The Morgan fingerprint density at radius 3 is 2.55 bits per heavy atom. The Morgan fingerprint density at radius 2 is 1.77 bits per heavy atom. The molecule has 2 aromatic heterocycles. The third kappa shape index (κ3) is 3.95. The van der Waals surface area contributed by atoms with Gasteiger partial charge < -0.3 is 10.1 Å². The maximum absolute atomic E-state index is 12.8. The molecule has 0 radical (unpaired) electrons. The first-order valence-corrected chi connectivity index (χ1v) is 9.53. The lowest BCUT2D eigenvalue weighted by Gasteiger charge is -2.07. The van der Waals surface area contributed by atoms with Crippen molar-refractivity contribution in [2.45, 2.75) is 13.5 Å². The molecular weight excluding hydrogens is 400 g/mol. The van der Waals surface area contributed by atoms with Gasteiger partial charge >= 0.3 is 5.97 Å². The summed E-state index contributed by atoms with van der Waals surface area (Å²) in [4.78, 5) is 37.3. The van der Waals surface area contributed by atoms with E-state index in [4.69, 9.17) is 4.74 Å². The molecule has 0 aliphatic heterocycles. The van der Waals surface area contributed by atoms with Gasteiger partial charge in [0, 0.05) is 7.05 Å². The van der Waals surface area contributed by atoms with Crippen LogP contribution in [0.3, 0.4) is 0 Å². The van der Waals surface area contributed by atoms with Crippen molar-refractivity contribution in [1.29, 1.82) is 0 Å². The van der Waals surface area contributed by atoms with E-state index >= 15 is 0 Å². The fourth-order valence-corrected chi connectivity index (χ4v) is 3.24. The second kappa shape index (κ2) is 8.27. The average molecular weight is 420 g/mol. The van der Waals surface area contributed by atoms with Crippen LogP contribution in [0.1, 0.15) is 5.69 Å². The minimum atomic E-state index is -0.641. The normalized spacial score (nSPS) is 10.9. The number of para-hydroxylation sites is 2. The highest BCUT2D eigenvalue weighted by molar-refractivity contribution is 5.93. The topological polar surface area (TPSA) is 113 Å². The Balaban J connectivity index is 1.41. The Hall–Kier alpha value is -4.21. The lowest BCUT2D eigenvalue weighted by atomic mass is 10.3. The van der Waals surface area contributed by atoms with Crippen molar-refractivity contribution in [3.63, 3.8) is 0 Å². The van der Waals surface area contributed by atoms with Gasteiger partial charge in [0.05, 0.1) is 16.9 Å². The van der Waals surface area contributed by atoms with E-state index in [1.165, 1.54) is 9.36 Å². The standard InChI is InChI=1S/C21H20N6O4/c1-14-20(21(30)27(25(14)2)15-8-4-3-5-9-15)22-18(28)13-31-19(29)12-26-17-11-7-6-10-16(17)23-24-26/h3-11H,12-13H2,1-2H3,(H,22,28). The molecule has 10 heteroatoms. The minimum Gasteiger partial charge on any atom is -0.454 e. The summed E-state index contributed by atoms with van der Waals surface area (Å²) in [6, 6.07) is 16.3. The summed E-state index contributed by atoms with van der Waals surface area (Å²) < 4.78 is 9.54. The highest BCUT2D eigenvalue weighted by Gasteiger charge is 2.19. The molecule has 10 nitrogen and oxygen atoms in total. The van der Waals surface area contributed by atoms with Gasteiger partial charge in [0.15, 0.2) is 6.61 Å². The molecule has 0 aliphatic carbocycles. The molecule has 1 N–H and O–H groups in total. The summed E-state index contributed by atoms with van der Waals surface area (Å²) in [5.74, 6) is -1.25. The third-order valence-electron chi connectivity index (χ3n) is 4.88. The number of carbonyl (C=O) groups excluding carboxylic acids is 2. The maximum atomic E-state index is 12.8. The fourth-order valence-electron chi connectivity index (χ4n) is 3.24. The number of nitrogens with one attached hydrogen (secondary N) is 1. The molecule has 0 saturated carbocycles. The predicted molar refractivity (Wildman–Crippen MR) is 113 cm³/mol. The quantitative estimate of drug-likeness (QED) is 0.472. The van der Waals surface area contributed by atoms with Gasteiger partial charge in [-0.05, 0) is 31.2 Å². The van der Waals surface area contributed by atoms with E-state index in [9.17, 15) is 14.4 Å². The summed E-state index contributed by atoms with van der Waals surface area (Å²) in [5.41, 5.74) is 2.34. The van der Waals surface area contributed by atoms with E-state index < -0.39 is 18.5 Å². The fraction of sp³-hybridized carbons (Fsp3) is 0.190. The lowest BCUT2D eigenvalue weighted by molar-refractivity contribution is -0.148. The number of fused-ring (bicyclic) bond motifs is 1. The molecule has 4 rings (SSSR count). The van der Waals surface area contributed by atoms with Gasteiger partial charge in [0.2, 0.25) is 0 Å². The monoisotopic (exact) mass is 420 g/mol. The largest absolute Gasteiger partial charge is 0.454 e. The van der Waals surface area contributed by atoms with E-state index in [0.717, 1.165) is 0 Å². The second-order valence-corrected chi connectivity index (χ2v) is 6.88. The summed E-state index contributed by atoms with van der Waals surface area (Å²) in [7, 11) is 1.72. The first-order valence-electron chi connectivity index (χ1n) is 9.53. The molecule has 0 bridgehead atoms. The van der Waals surface area contributed by atoms with E-state index in [0.29, 0.717) is 22.4 Å². The Morgan fingerprint density at radius 1 is 1.06 bits per heavy atom. The minimum absolute atomic E-state index is 0.134. The van der Waals surface area contributed by atoms with Gasteiger partial charge in [0.1, 0.15) is 17.7 Å². The third-order valence-corrected chi connectivity index (χ3v) is 4.88. The summed E-state index contributed by atoms with van der Waals surface area (Å²) in [5, 5.41) is 10.4. The number of hydrogen-bond acceptors (Lipinski definition) is 6. The molecule has 2 heterocycles. The molecule has 158 valence electrons. The van der Waals surface area contributed by atoms with Crippen molar-refractivity contribution >= 4 is 28.6 Å². The number of esters is 1. The van der Waals surface area contributed by atoms with Crippen LogP contribution in [0.5, 0.6) is 0 Å². The predicted octanol–water partition coefficient (Wildman–Crippen LogP) is 1.41. The van der Waals surface area contributed by atoms with Gasteiger partial charge in [-0.15, -0.1) is 5.10 Å². The van der Waals surface area contributed by atoms with E-state index in [1.807, 2.05) is 30.3 Å². The first-order chi connectivity index (χ1) is 15.0. The van der Waals surface area contributed by atoms with Crippen LogP contribution in [-0.4, -0.2) is 42.8 Å². The van der Waals surface area contributed by atoms with E-state index in [-0.39, 0.29) is 17.8 Å². The van der Waals surface area contributed by atoms with Crippen LogP contribution in [0.4, 0.5) is 5.69 Å². The molecule has 1 amide bonds. The van der Waals surface area contributed by atoms with Gasteiger partial charge in [-0.3, -0.25) is 19.1 Å². The number of benzene rings is 2. The van der Waals surface area contributed by atoms with Crippen molar-refractivity contribution in [1.82, 2.24) is 24.4 Å². The van der Waals surface area contributed by atoms with Crippen molar-refractivity contribution < 1.29 is 14.3 Å². The number of hydrogen-bond donors (Lipinski definition) is 1. The number of nitrogens with zero attached hydrogens (tertiary/aromatic N) is 5. The number of amides is 1. The number of rotatable bonds is 6. The average Bonchev–Trinajstić information content (AvgIpc) is 3.27.